The number of aryl methyl sites for hydroxylation is 1. The van der Waals surface area contributed by atoms with Crippen molar-refractivity contribution in [2.75, 3.05) is 13.7 Å². The normalized spacial score (nSPS) is 26.3. The first-order valence-electron chi connectivity index (χ1n) is 8.05. The zero-order chi connectivity index (χ0) is 22.9. The molecule has 0 aliphatic carbocycles. The molecule has 16 nitrogen and oxygen atoms in total. The Bertz CT molecular complexity index is 1030. The average molecular weight is 495 g/mol. The highest BCUT2D eigenvalue weighted by Gasteiger charge is 2.43. The number of H-pyrrole nitrogens is 1. The van der Waals surface area contributed by atoms with Crippen molar-refractivity contribution >= 4 is 23.5 Å². The summed E-state index contributed by atoms with van der Waals surface area (Å²) in [5.74, 6) is 0. The second-order valence-corrected chi connectivity index (χ2v) is 10.5. The fourth-order valence-corrected chi connectivity index (χ4v) is 5.66. The first kappa shape index (κ1) is 25.3. The summed E-state index contributed by atoms with van der Waals surface area (Å²) in [5.41, 5.74) is -1.06. The van der Waals surface area contributed by atoms with Gasteiger partial charge in [-0.3, -0.25) is 18.9 Å². The molecule has 6 N–H and O–H groups in total. The molecule has 0 amide bonds. The van der Waals surface area contributed by atoms with E-state index in [-0.39, 0.29) is 12.0 Å². The fourth-order valence-electron chi connectivity index (χ4n) is 2.63. The number of phosphoric acid groups is 3. The van der Waals surface area contributed by atoms with Crippen LogP contribution in [0, 0.1) is 6.92 Å². The first-order valence-corrected chi connectivity index (χ1v) is 12.6. The molecule has 1 aromatic rings. The van der Waals surface area contributed by atoms with Gasteiger partial charge in [0.1, 0.15) is 6.23 Å². The van der Waals surface area contributed by atoms with Crippen LogP contribution in [-0.2, 0) is 31.6 Å². The number of likely N-dealkylation sites (N-methyl/N-ethyl adjacent to an activating group) is 1. The van der Waals surface area contributed by atoms with Gasteiger partial charge in [0.2, 0.25) is 0 Å². The first-order chi connectivity index (χ1) is 13.6. The highest BCUT2D eigenvalue weighted by atomic mass is 31.3. The number of nitrogens with zero attached hydrogens (tertiary/aromatic N) is 1. The van der Waals surface area contributed by atoms with Gasteiger partial charge >= 0.3 is 29.2 Å². The molecule has 1 aliphatic rings. The molecule has 0 spiro atoms. The largest absolute Gasteiger partial charge is 0.490 e. The van der Waals surface area contributed by atoms with Gasteiger partial charge in [-0.05, 0) is 14.0 Å². The summed E-state index contributed by atoms with van der Waals surface area (Å²) in [7, 11) is -14.9. The monoisotopic (exact) mass is 495 g/mol. The Morgan fingerprint density at radius 3 is 2.40 bits per heavy atom. The summed E-state index contributed by atoms with van der Waals surface area (Å²) in [6.45, 7) is 0.800. The number of aromatic nitrogens is 2. The van der Waals surface area contributed by atoms with Gasteiger partial charge < -0.3 is 29.6 Å². The molecule has 1 saturated heterocycles. The lowest BCUT2D eigenvalue weighted by atomic mass is 10.1. The van der Waals surface area contributed by atoms with Gasteiger partial charge in [-0.1, -0.05) is 0 Å². The van der Waals surface area contributed by atoms with E-state index in [4.69, 9.17) is 19.4 Å². The van der Waals surface area contributed by atoms with Crippen molar-refractivity contribution in [1.82, 2.24) is 14.9 Å². The standard InChI is InChI=1S/C11H20N3O13P3/c1-6-4-14(11(16)13-10(6)15)9-3-7(12-2)8(25-9)5-24-29(20,21)27-30(22,23)26-28(17,18)19/h4,7-9,12H,3,5H2,1-2H3,(H,20,21)(H,22,23)(H,13,15,16)(H2,17,18,19)/t7-,8+,9+/m0/s1. The van der Waals surface area contributed by atoms with Crippen molar-refractivity contribution in [3.05, 3.63) is 32.6 Å². The Balaban J connectivity index is 2.08. The molecule has 172 valence electrons. The molecule has 1 aliphatic heterocycles. The predicted octanol–water partition coefficient (Wildman–Crippen LogP) is -0.936. The Kier molecular flexibility index (Phi) is 7.79. The van der Waals surface area contributed by atoms with Crippen molar-refractivity contribution in [1.29, 1.82) is 0 Å². The van der Waals surface area contributed by atoms with Gasteiger partial charge in [0.15, 0.2) is 0 Å². The molecule has 1 aromatic heterocycles. The molecular formula is C11H20N3O13P3. The summed E-state index contributed by atoms with van der Waals surface area (Å²) >= 11 is 0. The SMILES string of the molecule is CN[C@H]1C[C@H](n2cc(C)c(=O)[nH]c2=O)O[C@@H]1COP(=O)(O)OP(=O)(O)OP(=O)(O)O. The van der Waals surface area contributed by atoms with Crippen LogP contribution in [0.3, 0.4) is 0 Å². The van der Waals surface area contributed by atoms with E-state index in [9.17, 15) is 28.2 Å². The van der Waals surface area contributed by atoms with Gasteiger partial charge in [0.25, 0.3) is 5.56 Å². The molecule has 0 radical (unpaired) electrons. The lowest BCUT2D eigenvalue weighted by Crippen LogP contribution is -2.36. The van der Waals surface area contributed by atoms with Crippen LogP contribution in [0.15, 0.2) is 15.8 Å². The zero-order valence-corrected chi connectivity index (χ0v) is 18.2. The van der Waals surface area contributed by atoms with Crippen LogP contribution in [0.1, 0.15) is 18.2 Å². The summed E-state index contributed by atoms with van der Waals surface area (Å²) in [4.78, 5) is 61.3. The number of nitrogens with one attached hydrogen (secondary N) is 2. The maximum atomic E-state index is 12.0. The highest BCUT2D eigenvalue weighted by molar-refractivity contribution is 7.66. The number of phosphoric ester groups is 1. The Morgan fingerprint density at radius 2 is 1.83 bits per heavy atom. The molecule has 30 heavy (non-hydrogen) atoms. The summed E-state index contributed by atoms with van der Waals surface area (Å²) < 4.78 is 52.3. The van der Waals surface area contributed by atoms with E-state index in [0.29, 0.717) is 0 Å². The van der Waals surface area contributed by atoms with E-state index >= 15 is 0 Å². The molecule has 1 fully saturated rings. The number of hydrogen-bond acceptors (Lipinski definition) is 10. The molecule has 19 heteroatoms. The minimum Gasteiger partial charge on any atom is -0.351 e. The number of aromatic amines is 1. The fraction of sp³-hybridized carbons (Fsp3) is 0.636. The van der Waals surface area contributed by atoms with Crippen molar-refractivity contribution < 1.29 is 51.2 Å². The summed E-state index contributed by atoms with van der Waals surface area (Å²) in [6, 6.07) is -0.513. The second-order valence-electron chi connectivity index (χ2n) is 6.13. The Morgan fingerprint density at radius 1 is 1.20 bits per heavy atom. The number of rotatable bonds is 9. The quantitative estimate of drug-likeness (QED) is 0.227. The van der Waals surface area contributed by atoms with Crippen molar-refractivity contribution in [2.24, 2.45) is 0 Å². The van der Waals surface area contributed by atoms with Crippen LogP contribution in [0.25, 0.3) is 0 Å². The van der Waals surface area contributed by atoms with E-state index in [1.54, 1.807) is 0 Å². The van der Waals surface area contributed by atoms with Gasteiger partial charge in [-0.25, -0.2) is 18.5 Å². The van der Waals surface area contributed by atoms with Gasteiger partial charge in [0.05, 0.1) is 12.7 Å². The van der Waals surface area contributed by atoms with E-state index in [2.05, 4.69) is 23.4 Å². The number of hydrogen-bond donors (Lipinski definition) is 6. The Labute approximate surface area is 168 Å². The zero-order valence-electron chi connectivity index (χ0n) is 15.5. The molecular weight excluding hydrogens is 475 g/mol. The molecule has 2 rings (SSSR count). The van der Waals surface area contributed by atoms with Crippen LogP contribution in [0.5, 0.6) is 0 Å². The van der Waals surface area contributed by atoms with Crippen molar-refractivity contribution in [2.45, 2.75) is 31.7 Å². The third-order valence-electron chi connectivity index (χ3n) is 3.88. The molecule has 0 saturated carbocycles. The topological polar surface area (TPSA) is 236 Å². The average Bonchev–Trinajstić information content (AvgIpc) is 2.96. The maximum absolute atomic E-state index is 12.0. The van der Waals surface area contributed by atoms with Crippen LogP contribution >= 0.6 is 23.5 Å². The minimum absolute atomic E-state index is 0.187. The van der Waals surface area contributed by atoms with E-state index in [1.807, 2.05) is 0 Å². The van der Waals surface area contributed by atoms with E-state index in [0.717, 1.165) is 4.57 Å². The van der Waals surface area contributed by atoms with Crippen LogP contribution in [0.4, 0.5) is 0 Å². The highest BCUT2D eigenvalue weighted by Crippen LogP contribution is 2.66. The van der Waals surface area contributed by atoms with Gasteiger partial charge in [-0.15, -0.1) is 0 Å². The van der Waals surface area contributed by atoms with Crippen molar-refractivity contribution in [3.63, 3.8) is 0 Å². The van der Waals surface area contributed by atoms with Crippen molar-refractivity contribution in [3.8, 4) is 0 Å². The lowest BCUT2D eigenvalue weighted by Gasteiger charge is -2.20. The van der Waals surface area contributed by atoms with E-state index < -0.39 is 59.7 Å². The number of ether oxygens (including phenoxy) is 1. The molecule has 0 aromatic carbocycles. The third-order valence-corrected chi connectivity index (χ3v) is 7.68. The summed E-state index contributed by atoms with van der Waals surface area (Å²) in [5, 5.41) is 2.84. The molecule has 5 atom stereocenters. The molecule has 2 heterocycles. The van der Waals surface area contributed by atoms with Crippen LogP contribution in [-0.4, -0.2) is 54.9 Å². The van der Waals surface area contributed by atoms with E-state index in [1.165, 1.54) is 20.2 Å². The molecule has 0 bridgehead atoms. The van der Waals surface area contributed by atoms with Gasteiger partial charge in [-0.2, -0.15) is 8.62 Å². The third kappa shape index (κ3) is 7.02. The van der Waals surface area contributed by atoms with Crippen LogP contribution < -0.4 is 16.6 Å². The summed E-state index contributed by atoms with van der Waals surface area (Å²) in [6.07, 6.45) is -0.362. The lowest BCUT2D eigenvalue weighted by molar-refractivity contribution is -0.0283. The Hall–Kier alpha value is -0.990. The maximum Gasteiger partial charge on any atom is 0.490 e. The predicted molar refractivity (Wildman–Crippen MR) is 97.3 cm³/mol. The minimum atomic E-state index is -5.63. The second kappa shape index (κ2) is 9.25. The smallest absolute Gasteiger partial charge is 0.351 e. The molecule has 2 unspecified atom stereocenters. The van der Waals surface area contributed by atoms with Crippen LogP contribution in [0.2, 0.25) is 0 Å². The van der Waals surface area contributed by atoms with Gasteiger partial charge in [0, 0.05) is 24.2 Å².